The number of carbonyl (C=O) groups is 1. The van der Waals surface area contributed by atoms with E-state index >= 15 is 0 Å². The van der Waals surface area contributed by atoms with E-state index in [1.165, 1.54) is 18.2 Å². The van der Waals surface area contributed by atoms with E-state index in [4.69, 9.17) is 5.11 Å². The molecule has 86 valence electrons. The summed E-state index contributed by atoms with van der Waals surface area (Å²) in [4.78, 5) is 12.7. The third-order valence-corrected chi connectivity index (χ3v) is 2.65. The van der Waals surface area contributed by atoms with Gasteiger partial charge in [0.15, 0.2) is 0 Å². The minimum Gasteiger partial charge on any atom is -0.478 e. The van der Waals surface area contributed by atoms with Gasteiger partial charge in [0.25, 0.3) is 0 Å². The Morgan fingerprint density at radius 3 is 2.69 bits per heavy atom. The van der Waals surface area contributed by atoms with Crippen molar-refractivity contribution in [2.24, 2.45) is 0 Å². The van der Waals surface area contributed by atoms with Crippen LogP contribution in [0.1, 0.15) is 10.4 Å². The summed E-state index contributed by atoms with van der Waals surface area (Å²) in [6.07, 6.45) is 0. The van der Waals surface area contributed by atoms with Gasteiger partial charge in [-0.25, -0.2) is 9.18 Å². The minimum atomic E-state index is -1.03. The predicted molar refractivity (Wildman–Crippen MR) is 58.4 cm³/mol. The van der Waals surface area contributed by atoms with Gasteiger partial charge in [0.05, 0.1) is 11.3 Å². The minimum absolute atomic E-state index is 0.120. The molecular formula is C11H13FN2O2. The topological polar surface area (TPSA) is 52.6 Å². The third kappa shape index (κ3) is 2.14. The lowest BCUT2D eigenvalue weighted by molar-refractivity contribution is 0.0697. The summed E-state index contributed by atoms with van der Waals surface area (Å²) in [5, 5.41) is 12.0. The van der Waals surface area contributed by atoms with Crippen LogP contribution in [0.4, 0.5) is 10.1 Å². The Labute approximate surface area is 92.7 Å². The van der Waals surface area contributed by atoms with E-state index < -0.39 is 5.97 Å². The number of halogens is 1. The van der Waals surface area contributed by atoms with Crippen LogP contribution in [-0.4, -0.2) is 37.3 Å². The van der Waals surface area contributed by atoms with Gasteiger partial charge in [-0.3, -0.25) is 0 Å². The molecule has 1 fully saturated rings. The maximum absolute atomic E-state index is 13.6. The molecule has 5 heteroatoms. The standard InChI is InChI=1S/C11H13FN2O2/c12-9-2-1-8(11(15)16)7-10(9)14-5-3-13-4-6-14/h1-2,7,13H,3-6H2,(H,15,16). The molecule has 1 aliphatic heterocycles. The highest BCUT2D eigenvalue weighted by Gasteiger charge is 2.16. The normalized spacial score (nSPS) is 16.2. The third-order valence-electron chi connectivity index (χ3n) is 2.65. The maximum atomic E-state index is 13.6. The molecule has 1 aliphatic rings. The maximum Gasteiger partial charge on any atom is 0.335 e. The zero-order chi connectivity index (χ0) is 11.5. The van der Waals surface area contributed by atoms with Gasteiger partial charge in [-0.1, -0.05) is 0 Å². The molecule has 0 aliphatic carbocycles. The lowest BCUT2D eigenvalue weighted by atomic mass is 10.1. The van der Waals surface area contributed by atoms with Gasteiger partial charge in [-0.05, 0) is 18.2 Å². The molecule has 0 saturated carbocycles. The zero-order valence-corrected chi connectivity index (χ0v) is 8.74. The summed E-state index contributed by atoms with van der Waals surface area (Å²) in [7, 11) is 0. The average Bonchev–Trinajstić information content (AvgIpc) is 2.30. The summed E-state index contributed by atoms with van der Waals surface area (Å²) in [5.74, 6) is -1.40. The van der Waals surface area contributed by atoms with E-state index in [1.807, 2.05) is 4.90 Å². The fraction of sp³-hybridized carbons (Fsp3) is 0.364. The van der Waals surface area contributed by atoms with E-state index in [2.05, 4.69) is 5.32 Å². The number of benzene rings is 1. The number of nitrogens with zero attached hydrogens (tertiary/aromatic N) is 1. The first kappa shape index (κ1) is 10.9. The van der Waals surface area contributed by atoms with Crippen molar-refractivity contribution < 1.29 is 14.3 Å². The van der Waals surface area contributed by atoms with Gasteiger partial charge < -0.3 is 15.3 Å². The first-order valence-corrected chi connectivity index (χ1v) is 5.17. The van der Waals surface area contributed by atoms with Crippen LogP contribution in [0.25, 0.3) is 0 Å². The molecule has 0 spiro atoms. The van der Waals surface area contributed by atoms with Crippen molar-refractivity contribution in [1.29, 1.82) is 0 Å². The smallest absolute Gasteiger partial charge is 0.335 e. The zero-order valence-electron chi connectivity index (χ0n) is 8.74. The molecule has 16 heavy (non-hydrogen) atoms. The summed E-state index contributed by atoms with van der Waals surface area (Å²) < 4.78 is 13.6. The summed E-state index contributed by atoms with van der Waals surface area (Å²) in [6, 6.07) is 3.88. The number of rotatable bonds is 2. The first-order valence-electron chi connectivity index (χ1n) is 5.17. The predicted octanol–water partition coefficient (Wildman–Crippen LogP) is 0.933. The van der Waals surface area contributed by atoms with Gasteiger partial charge in [0.1, 0.15) is 5.82 Å². The van der Waals surface area contributed by atoms with Crippen molar-refractivity contribution in [3.63, 3.8) is 0 Å². The fourth-order valence-corrected chi connectivity index (χ4v) is 1.79. The van der Waals surface area contributed by atoms with Crippen LogP contribution < -0.4 is 10.2 Å². The van der Waals surface area contributed by atoms with Crippen LogP contribution in [0.2, 0.25) is 0 Å². The summed E-state index contributed by atoms with van der Waals surface area (Å²) in [6.45, 7) is 2.97. The van der Waals surface area contributed by atoms with Crippen molar-refractivity contribution in [3.05, 3.63) is 29.6 Å². The Morgan fingerprint density at radius 2 is 2.06 bits per heavy atom. The number of piperazine rings is 1. The van der Waals surface area contributed by atoms with Crippen LogP contribution in [0.15, 0.2) is 18.2 Å². The Bertz CT molecular complexity index is 403. The van der Waals surface area contributed by atoms with Crippen LogP contribution in [-0.2, 0) is 0 Å². The monoisotopic (exact) mass is 224 g/mol. The van der Waals surface area contributed by atoms with E-state index in [-0.39, 0.29) is 11.4 Å². The first-order chi connectivity index (χ1) is 7.68. The molecule has 4 nitrogen and oxygen atoms in total. The summed E-state index contributed by atoms with van der Waals surface area (Å²) >= 11 is 0. The van der Waals surface area contributed by atoms with E-state index in [0.717, 1.165) is 13.1 Å². The Morgan fingerprint density at radius 1 is 1.38 bits per heavy atom. The van der Waals surface area contributed by atoms with Crippen LogP contribution in [0.5, 0.6) is 0 Å². The molecule has 2 N–H and O–H groups in total. The average molecular weight is 224 g/mol. The molecule has 2 rings (SSSR count). The van der Waals surface area contributed by atoms with Crippen molar-refractivity contribution in [2.75, 3.05) is 31.1 Å². The number of carboxylic acids is 1. The molecular weight excluding hydrogens is 211 g/mol. The molecule has 1 saturated heterocycles. The quantitative estimate of drug-likeness (QED) is 0.784. The van der Waals surface area contributed by atoms with Gasteiger partial charge in [0, 0.05) is 26.2 Å². The lowest BCUT2D eigenvalue weighted by Crippen LogP contribution is -2.43. The number of hydrogen-bond acceptors (Lipinski definition) is 3. The molecule has 0 bridgehead atoms. The lowest BCUT2D eigenvalue weighted by Gasteiger charge is -2.29. The van der Waals surface area contributed by atoms with Crippen LogP contribution in [0.3, 0.4) is 0 Å². The molecule has 0 radical (unpaired) electrons. The number of aromatic carboxylic acids is 1. The molecule has 0 atom stereocenters. The van der Waals surface area contributed by atoms with Crippen molar-refractivity contribution in [2.45, 2.75) is 0 Å². The van der Waals surface area contributed by atoms with Gasteiger partial charge in [0.2, 0.25) is 0 Å². The number of anilines is 1. The van der Waals surface area contributed by atoms with Gasteiger partial charge in [-0.2, -0.15) is 0 Å². The molecule has 1 aromatic rings. The van der Waals surface area contributed by atoms with Crippen molar-refractivity contribution in [3.8, 4) is 0 Å². The van der Waals surface area contributed by atoms with Gasteiger partial charge >= 0.3 is 5.97 Å². The largest absolute Gasteiger partial charge is 0.478 e. The molecule has 1 aromatic carbocycles. The highest BCUT2D eigenvalue weighted by molar-refractivity contribution is 5.88. The summed E-state index contributed by atoms with van der Waals surface area (Å²) in [5.41, 5.74) is 0.497. The fourth-order valence-electron chi connectivity index (χ4n) is 1.79. The Balaban J connectivity index is 2.30. The SMILES string of the molecule is O=C(O)c1ccc(F)c(N2CCNCC2)c1. The van der Waals surface area contributed by atoms with Crippen LogP contribution in [0, 0.1) is 5.82 Å². The molecule has 0 unspecified atom stereocenters. The highest BCUT2D eigenvalue weighted by atomic mass is 19.1. The van der Waals surface area contributed by atoms with E-state index in [1.54, 1.807) is 0 Å². The Hall–Kier alpha value is -1.62. The van der Waals surface area contributed by atoms with Crippen LogP contribution >= 0.6 is 0 Å². The second-order valence-electron chi connectivity index (χ2n) is 3.71. The van der Waals surface area contributed by atoms with Crippen molar-refractivity contribution >= 4 is 11.7 Å². The second kappa shape index (κ2) is 4.49. The number of carboxylic acid groups (broad SMARTS) is 1. The number of hydrogen-bond donors (Lipinski definition) is 2. The molecule has 0 amide bonds. The van der Waals surface area contributed by atoms with Gasteiger partial charge in [-0.15, -0.1) is 0 Å². The number of nitrogens with one attached hydrogen (secondary N) is 1. The second-order valence-corrected chi connectivity index (χ2v) is 3.71. The molecule has 0 aromatic heterocycles. The highest BCUT2D eigenvalue weighted by Crippen LogP contribution is 2.21. The van der Waals surface area contributed by atoms with E-state index in [9.17, 15) is 9.18 Å². The molecule has 1 heterocycles. The van der Waals surface area contributed by atoms with Crippen molar-refractivity contribution in [1.82, 2.24) is 5.32 Å². The Kier molecular flexibility index (Phi) is 3.05. The van der Waals surface area contributed by atoms with E-state index in [0.29, 0.717) is 18.8 Å².